The van der Waals surface area contributed by atoms with Crippen molar-refractivity contribution in [1.29, 1.82) is 5.26 Å². The number of hydrogen-bond acceptors (Lipinski definition) is 7. The number of nitriles is 1. The van der Waals surface area contributed by atoms with Crippen molar-refractivity contribution in [3.8, 4) is 6.07 Å². The Hall–Kier alpha value is -3.54. The third kappa shape index (κ3) is 2.82. The molecule has 3 aromatic rings. The summed E-state index contributed by atoms with van der Waals surface area (Å²) >= 11 is 0. The van der Waals surface area contributed by atoms with Gasteiger partial charge in [-0.15, -0.1) is 10.2 Å². The van der Waals surface area contributed by atoms with Crippen LogP contribution in [0.5, 0.6) is 0 Å². The molecule has 4 rings (SSSR count). The first-order chi connectivity index (χ1) is 12.6. The molecule has 1 aliphatic rings. The van der Waals surface area contributed by atoms with E-state index in [-0.39, 0.29) is 5.69 Å². The first-order valence-electron chi connectivity index (χ1n) is 8.20. The van der Waals surface area contributed by atoms with Gasteiger partial charge >= 0.3 is 0 Å². The van der Waals surface area contributed by atoms with Crippen molar-refractivity contribution < 1.29 is 4.92 Å². The van der Waals surface area contributed by atoms with Gasteiger partial charge in [0, 0.05) is 23.6 Å². The fourth-order valence-corrected chi connectivity index (χ4v) is 3.02. The van der Waals surface area contributed by atoms with Crippen molar-refractivity contribution >= 4 is 22.4 Å². The average Bonchev–Trinajstić information content (AvgIpc) is 3.41. The molecule has 9 nitrogen and oxygen atoms in total. The smallest absolute Gasteiger partial charge is 0.270 e. The standard InChI is InChI=1S/C17H15N7O2/c1-10-21-22-17(23(10)12-2-3-12)9-19-16-6-11(8-18)14-7-13(24(25)26)4-5-15(14)20-16/h4-7,12H,2-3,9H2,1H3,(H,19,20). The number of anilines is 1. The van der Waals surface area contributed by atoms with Crippen LogP contribution in [-0.2, 0) is 6.54 Å². The lowest BCUT2D eigenvalue weighted by Crippen LogP contribution is -2.10. The molecule has 0 saturated heterocycles. The maximum absolute atomic E-state index is 10.9. The van der Waals surface area contributed by atoms with Crippen LogP contribution in [0.4, 0.5) is 11.5 Å². The molecule has 2 aromatic heterocycles. The summed E-state index contributed by atoms with van der Waals surface area (Å²) in [5, 5.41) is 32.3. The Morgan fingerprint density at radius 2 is 2.19 bits per heavy atom. The number of fused-ring (bicyclic) bond motifs is 1. The van der Waals surface area contributed by atoms with Gasteiger partial charge in [-0.1, -0.05) is 0 Å². The van der Waals surface area contributed by atoms with Gasteiger partial charge in [0.2, 0.25) is 0 Å². The molecular formula is C17H15N7O2. The number of hydrogen-bond donors (Lipinski definition) is 1. The Balaban J connectivity index is 1.64. The molecule has 26 heavy (non-hydrogen) atoms. The van der Waals surface area contributed by atoms with Crippen molar-refractivity contribution in [1.82, 2.24) is 19.7 Å². The fourth-order valence-electron chi connectivity index (χ4n) is 3.02. The molecule has 0 amide bonds. The zero-order chi connectivity index (χ0) is 18.3. The van der Waals surface area contributed by atoms with Crippen molar-refractivity contribution in [2.45, 2.75) is 32.4 Å². The van der Waals surface area contributed by atoms with E-state index in [1.807, 2.05) is 6.92 Å². The van der Waals surface area contributed by atoms with Crippen molar-refractivity contribution in [3.05, 3.63) is 51.6 Å². The molecule has 130 valence electrons. The van der Waals surface area contributed by atoms with E-state index in [1.54, 1.807) is 12.1 Å². The molecule has 2 heterocycles. The van der Waals surface area contributed by atoms with E-state index >= 15 is 0 Å². The van der Waals surface area contributed by atoms with Crippen LogP contribution < -0.4 is 5.32 Å². The number of benzene rings is 1. The molecule has 0 atom stereocenters. The number of aromatic nitrogens is 4. The van der Waals surface area contributed by atoms with Gasteiger partial charge in [-0.2, -0.15) is 5.26 Å². The van der Waals surface area contributed by atoms with Crippen molar-refractivity contribution in [2.75, 3.05) is 5.32 Å². The van der Waals surface area contributed by atoms with Crippen LogP contribution in [0.25, 0.3) is 10.9 Å². The topological polar surface area (TPSA) is 123 Å². The highest BCUT2D eigenvalue weighted by Gasteiger charge is 2.28. The summed E-state index contributed by atoms with van der Waals surface area (Å²) in [7, 11) is 0. The van der Waals surface area contributed by atoms with Gasteiger partial charge < -0.3 is 9.88 Å². The Morgan fingerprint density at radius 3 is 2.88 bits per heavy atom. The van der Waals surface area contributed by atoms with Crippen LogP contribution >= 0.6 is 0 Å². The number of pyridine rings is 1. The van der Waals surface area contributed by atoms with Gasteiger partial charge in [0.1, 0.15) is 11.6 Å². The van der Waals surface area contributed by atoms with E-state index in [0.717, 1.165) is 24.5 Å². The summed E-state index contributed by atoms with van der Waals surface area (Å²) in [6, 6.07) is 8.46. The minimum absolute atomic E-state index is 0.0653. The van der Waals surface area contributed by atoms with Gasteiger partial charge in [0.25, 0.3) is 5.69 Å². The Bertz CT molecular complexity index is 1060. The first kappa shape index (κ1) is 16.0. The maximum atomic E-state index is 10.9. The van der Waals surface area contributed by atoms with Gasteiger partial charge in [-0.3, -0.25) is 10.1 Å². The molecule has 0 radical (unpaired) electrons. The second-order valence-corrected chi connectivity index (χ2v) is 6.24. The third-order valence-electron chi connectivity index (χ3n) is 4.40. The summed E-state index contributed by atoms with van der Waals surface area (Å²) in [5.41, 5.74) is 0.794. The van der Waals surface area contributed by atoms with E-state index in [2.05, 4.69) is 31.1 Å². The van der Waals surface area contributed by atoms with E-state index in [1.165, 1.54) is 12.1 Å². The number of nitro benzene ring substituents is 1. The van der Waals surface area contributed by atoms with Gasteiger partial charge in [-0.05, 0) is 31.9 Å². The Kier molecular flexibility index (Phi) is 3.73. The normalized spacial score (nSPS) is 13.5. The quantitative estimate of drug-likeness (QED) is 0.555. The number of nitrogens with one attached hydrogen (secondary N) is 1. The molecule has 0 spiro atoms. The maximum Gasteiger partial charge on any atom is 0.270 e. The molecule has 1 N–H and O–H groups in total. The van der Waals surface area contributed by atoms with E-state index in [9.17, 15) is 15.4 Å². The van der Waals surface area contributed by atoms with Gasteiger partial charge in [0.15, 0.2) is 5.82 Å². The lowest BCUT2D eigenvalue weighted by atomic mass is 10.1. The molecule has 0 unspecified atom stereocenters. The highest BCUT2D eigenvalue weighted by molar-refractivity contribution is 5.88. The predicted octanol–water partition coefficient (Wildman–Crippen LogP) is 2.86. The van der Waals surface area contributed by atoms with Crippen LogP contribution in [0.2, 0.25) is 0 Å². The van der Waals surface area contributed by atoms with Crippen LogP contribution in [-0.4, -0.2) is 24.7 Å². The zero-order valence-corrected chi connectivity index (χ0v) is 14.0. The average molecular weight is 349 g/mol. The summed E-state index contributed by atoms with van der Waals surface area (Å²) in [5.74, 6) is 2.24. The fraction of sp³-hybridized carbons (Fsp3) is 0.294. The van der Waals surface area contributed by atoms with E-state index in [0.29, 0.717) is 34.9 Å². The molecule has 1 fully saturated rings. The summed E-state index contributed by atoms with van der Waals surface area (Å²) in [4.78, 5) is 14.9. The summed E-state index contributed by atoms with van der Waals surface area (Å²) < 4.78 is 2.13. The monoisotopic (exact) mass is 349 g/mol. The third-order valence-corrected chi connectivity index (χ3v) is 4.40. The minimum atomic E-state index is -0.486. The lowest BCUT2D eigenvalue weighted by molar-refractivity contribution is -0.384. The summed E-state index contributed by atoms with van der Waals surface area (Å²) in [6.45, 7) is 2.37. The van der Waals surface area contributed by atoms with E-state index < -0.39 is 4.92 Å². The highest BCUT2D eigenvalue weighted by Crippen LogP contribution is 2.36. The predicted molar refractivity (Wildman–Crippen MR) is 93.5 cm³/mol. The van der Waals surface area contributed by atoms with Crippen molar-refractivity contribution in [3.63, 3.8) is 0 Å². The Morgan fingerprint density at radius 1 is 1.38 bits per heavy atom. The SMILES string of the molecule is Cc1nnc(CNc2cc(C#N)c3cc([N+](=O)[O-])ccc3n2)n1C1CC1. The van der Waals surface area contributed by atoms with Crippen LogP contribution in [0.15, 0.2) is 24.3 Å². The molecule has 1 aromatic carbocycles. The summed E-state index contributed by atoms with van der Waals surface area (Å²) in [6.07, 6.45) is 2.27. The second-order valence-electron chi connectivity index (χ2n) is 6.24. The number of rotatable bonds is 5. The van der Waals surface area contributed by atoms with Crippen molar-refractivity contribution in [2.24, 2.45) is 0 Å². The largest absolute Gasteiger partial charge is 0.363 e. The van der Waals surface area contributed by atoms with Gasteiger partial charge in [0.05, 0.1) is 28.6 Å². The highest BCUT2D eigenvalue weighted by atomic mass is 16.6. The lowest BCUT2D eigenvalue weighted by Gasteiger charge is -2.10. The molecule has 1 aliphatic carbocycles. The van der Waals surface area contributed by atoms with Gasteiger partial charge in [-0.25, -0.2) is 4.98 Å². The zero-order valence-electron chi connectivity index (χ0n) is 14.0. The molecule has 9 heteroatoms. The molecule has 0 bridgehead atoms. The minimum Gasteiger partial charge on any atom is -0.363 e. The van der Waals surface area contributed by atoms with E-state index in [4.69, 9.17) is 0 Å². The molecular weight excluding hydrogens is 334 g/mol. The number of non-ortho nitro benzene ring substituents is 1. The Labute approximate surface area is 148 Å². The van der Waals surface area contributed by atoms with Crippen LogP contribution in [0.1, 0.15) is 36.1 Å². The van der Waals surface area contributed by atoms with Crippen LogP contribution in [0.3, 0.4) is 0 Å². The number of nitrogens with zero attached hydrogens (tertiary/aromatic N) is 6. The number of nitro groups is 1. The molecule has 0 aliphatic heterocycles. The number of aryl methyl sites for hydroxylation is 1. The first-order valence-corrected chi connectivity index (χ1v) is 8.20. The molecule has 1 saturated carbocycles. The second kappa shape index (κ2) is 6.07. The van der Waals surface area contributed by atoms with Crippen LogP contribution in [0, 0.1) is 28.4 Å².